The Morgan fingerprint density at radius 1 is 0.524 bits per heavy atom. The number of fused-ring (bicyclic) bond motifs is 1. The first kappa shape index (κ1) is 27.7. The maximum Gasteiger partial charge on any atom is 0.0482 e. The van der Waals surface area contributed by atoms with Crippen molar-refractivity contribution in [1.82, 2.24) is 14.4 Å². The molecule has 0 radical (unpaired) electrons. The number of aryl methyl sites for hydroxylation is 1. The predicted molar refractivity (Wildman–Crippen MR) is 175 cm³/mol. The molecule has 3 nitrogen and oxygen atoms in total. The molecule has 0 aliphatic carbocycles. The average molecular weight is 550 g/mol. The summed E-state index contributed by atoms with van der Waals surface area (Å²) in [6.07, 6.45) is 2.32. The summed E-state index contributed by atoms with van der Waals surface area (Å²) in [4.78, 5) is 5.29. The lowest BCUT2D eigenvalue weighted by Gasteiger charge is -2.36. The van der Waals surface area contributed by atoms with Gasteiger partial charge in [-0.3, -0.25) is 9.80 Å². The normalized spacial score (nSPS) is 12.3. The lowest BCUT2D eigenvalue weighted by Crippen LogP contribution is -2.37. The molecule has 0 bridgehead atoms. The molecule has 1 atom stereocenters. The fraction of sp³-hybridized carbons (Fsp3) is 0.179. The van der Waals surface area contributed by atoms with E-state index in [9.17, 15) is 0 Å². The smallest absolute Gasteiger partial charge is 0.0482 e. The Labute approximate surface area is 250 Å². The Morgan fingerprint density at radius 2 is 1.00 bits per heavy atom. The number of para-hydroxylation sites is 1. The van der Waals surface area contributed by atoms with Crippen LogP contribution < -0.4 is 0 Å². The van der Waals surface area contributed by atoms with E-state index in [1.165, 1.54) is 38.7 Å². The summed E-state index contributed by atoms with van der Waals surface area (Å²) in [7, 11) is 2.16. The van der Waals surface area contributed by atoms with Crippen molar-refractivity contribution in [3.63, 3.8) is 0 Å². The standard InChI is InChI=1S/C39H39N3/c1-40-29-36(37-24-14-15-25-38(37)40)30-42(28-34-20-10-4-11-21-34)39(35-22-12-5-13-23-35)31-41(26-32-16-6-2-7-17-32)27-33-18-8-3-9-19-33/h2-25,29,39H,26-28,30-31H2,1H3/t39-/m0/s1. The summed E-state index contributed by atoms with van der Waals surface area (Å²) < 4.78 is 2.26. The predicted octanol–water partition coefficient (Wildman–Crippen LogP) is 8.62. The van der Waals surface area contributed by atoms with Crippen molar-refractivity contribution in [2.75, 3.05) is 6.54 Å². The zero-order valence-electron chi connectivity index (χ0n) is 24.4. The second kappa shape index (κ2) is 13.5. The molecule has 3 heteroatoms. The Kier molecular flexibility index (Phi) is 8.90. The molecule has 210 valence electrons. The summed E-state index contributed by atoms with van der Waals surface area (Å²) in [6.45, 7) is 4.43. The van der Waals surface area contributed by atoms with Crippen LogP contribution in [0.15, 0.2) is 152 Å². The van der Waals surface area contributed by atoms with E-state index < -0.39 is 0 Å². The number of hydrogen-bond donors (Lipinski definition) is 0. The highest BCUT2D eigenvalue weighted by Crippen LogP contribution is 2.30. The van der Waals surface area contributed by atoms with Crippen molar-refractivity contribution in [2.24, 2.45) is 7.05 Å². The van der Waals surface area contributed by atoms with Crippen molar-refractivity contribution in [1.29, 1.82) is 0 Å². The SMILES string of the molecule is Cn1cc(CN(Cc2ccccc2)[C@@H](CN(Cc2ccccc2)Cc2ccccc2)c2ccccc2)c2ccccc21. The second-order valence-electron chi connectivity index (χ2n) is 11.2. The van der Waals surface area contributed by atoms with Gasteiger partial charge in [0, 0.05) is 62.9 Å². The molecule has 6 rings (SSSR count). The zero-order chi connectivity index (χ0) is 28.6. The molecule has 0 N–H and O–H groups in total. The first-order valence-corrected chi connectivity index (χ1v) is 14.9. The van der Waals surface area contributed by atoms with E-state index in [4.69, 9.17) is 0 Å². The minimum absolute atomic E-state index is 0.192. The quantitative estimate of drug-likeness (QED) is 0.151. The summed E-state index contributed by atoms with van der Waals surface area (Å²) in [5.74, 6) is 0. The Morgan fingerprint density at radius 3 is 1.57 bits per heavy atom. The van der Waals surface area contributed by atoms with E-state index >= 15 is 0 Å². The van der Waals surface area contributed by atoms with Gasteiger partial charge in [-0.25, -0.2) is 0 Å². The first-order valence-electron chi connectivity index (χ1n) is 14.9. The van der Waals surface area contributed by atoms with Crippen molar-refractivity contribution < 1.29 is 0 Å². The van der Waals surface area contributed by atoms with Crippen LogP contribution in [0.2, 0.25) is 0 Å². The molecule has 1 heterocycles. The van der Waals surface area contributed by atoms with Gasteiger partial charge >= 0.3 is 0 Å². The van der Waals surface area contributed by atoms with Gasteiger partial charge < -0.3 is 4.57 Å². The molecular formula is C39H39N3. The number of aromatic nitrogens is 1. The number of benzene rings is 5. The van der Waals surface area contributed by atoms with E-state index in [0.717, 1.165) is 32.7 Å². The highest BCUT2D eigenvalue weighted by molar-refractivity contribution is 5.83. The fourth-order valence-electron chi connectivity index (χ4n) is 6.08. The van der Waals surface area contributed by atoms with Crippen LogP contribution in [0.1, 0.15) is 33.9 Å². The van der Waals surface area contributed by atoms with Crippen LogP contribution in [0, 0.1) is 0 Å². The van der Waals surface area contributed by atoms with Crippen LogP contribution in [0.3, 0.4) is 0 Å². The third kappa shape index (κ3) is 6.88. The summed E-state index contributed by atoms with van der Waals surface area (Å²) in [5, 5.41) is 1.33. The molecule has 0 saturated carbocycles. The van der Waals surface area contributed by atoms with E-state index in [-0.39, 0.29) is 6.04 Å². The van der Waals surface area contributed by atoms with Crippen LogP contribution in [-0.2, 0) is 33.2 Å². The molecule has 6 aromatic rings. The van der Waals surface area contributed by atoms with Gasteiger partial charge in [-0.2, -0.15) is 0 Å². The number of rotatable bonds is 12. The second-order valence-corrected chi connectivity index (χ2v) is 11.2. The van der Waals surface area contributed by atoms with Gasteiger partial charge in [0.25, 0.3) is 0 Å². The van der Waals surface area contributed by atoms with E-state index in [1.54, 1.807) is 0 Å². The Bertz CT molecular complexity index is 1620. The summed E-state index contributed by atoms with van der Waals surface area (Å²) >= 11 is 0. The Hall–Kier alpha value is -4.44. The molecule has 0 aliphatic heterocycles. The van der Waals surface area contributed by atoms with Gasteiger partial charge in [0.15, 0.2) is 0 Å². The minimum atomic E-state index is 0.192. The van der Waals surface area contributed by atoms with Crippen LogP contribution in [0.4, 0.5) is 0 Å². The first-order chi connectivity index (χ1) is 20.7. The van der Waals surface area contributed by atoms with Crippen molar-refractivity contribution in [2.45, 2.75) is 32.2 Å². The summed E-state index contributed by atoms with van der Waals surface area (Å²) in [6, 6.07) is 52.7. The fourth-order valence-corrected chi connectivity index (χ4v) is 6.08. The lowest BCUT2D eigenvalue weighted by molar-refractivity contribution is 0.117. The van der Waals surface area contributed by atoms with Crippen LogP contribution >= 0.6 is 0 Å². The molecule has 5 aromatic carbocycles. The molecule has 42 heavy (non-hydrogen) atoms. The maximum absolute atomic E-state index is 2.68. The number of hydrogen-bond acceptors (Lipinski definition) is 2. The maximum atomic E-state index is 2.68. The van der Waals surface area contributed by atoms with Crippen LogP contribution in [0.5, 0.6) is 0 Å². The third-order valence-corrected chi connectivity index (χ3v) is 8.14. The largest absolute Gasteiger partial charge is 0.350 e. The number of nitrogens with zero attached hydrogens (tertiary/aromatic N) is 3. The molecule has 0 aliphatic rings. The molecular weight excluding hydrogens is 510 g/mol. The molecule has 0 unspecified atom stereocenters. The van der Waals surface area contributed by atoms with E-state index in [0.29, 0.717) is 0 Å². The van der Waals surface area contributed by atoms with Gasteiger partial charge in [-0.05, 0) is 33.9 Å². The highest BCUT2D eigenvalue weighted by atomic mass is 15.2. The van der Waals surface area contributed by atoms with Crippen LogP contribution in [-0.4, -0.2) is 20.9 Å². The van der Waals surface area contributed by atoms with Crippen molar-refractivity contribution in [3.05, 3.63) is 180 Å². The Balaban J connectivity index is 1.40. The van der Waals surface area contributed by atoms with Gasteiger partial charge in [0.2, 0.25) is 0 Å². The van der Waals surface area contributed by atoms with E-state index in [1.807, 2.05) is 0 Å². The van der Waals surface area contributed by atoms with Gasteiger partial charge in [-0.1, -0.05) is 140 Å². The lowest BCUT2D eigenvalue weighted by atomic mass is 10.0. The topological polar surface area (TPSA) is 11.4 Å². The van der Waals surface area contributed by atoms with Crippen molar-refractivity contribution >= 4 is 10.9 Å². The third-order valence-electron chi connectivity index (χ3n) is 8.14. The highest BCUT2D eigenvalue weighted by Gasteiger charge is 2.25. The monoisotopic (exact) mass is 549 g/mol. The van der Waals surface area contributed by atoms with E-state index in [2.05, 4.69) is 173 Å². The van der Waals surface area contributed by atoms with Gasteiger partial charge in [0.1, 0.15) is 0 Å². The molecule has 0 amide bonds. The zero-order valence-corrected chi connectivity index (χ0v) is 24.4. The minimum Gasteiger partial charge on any atom is -0.350 e. The molecule has 1 aromatic heterocycles. The van der Waals surface area contributed by atoms with Gasteiger partial charge in [0.05, 0.1) is 0 Å². The van der Waals surface area contributed by atoms with Crippen molar-refractivity contribution in [3.8, 4) is 0 Å². The van der Waals surface area contributed by atoms with Gasteiger partial charge in [-0.15, -0.1) is 0 Å². The molecule has 0 fully saturated rings. The average Bonchev–Trinajstić information content (AvgIpc) is 3.36. The van der Waals surface area contributed by atoms with Crippen LogP contribution in [0.25, 0.3) is 10.9 Å². The molecule has 0 spiro atoms. The summed E-state index contributed by atoms with van der Waals surface area (Å²) in [5.41, 5.74) is 7.99. The molecule has 0 saturated heterocycles.